The molecule has 2 aromatic carbocycles. The van der Waals surface area contributed by atoms with Crippen LogP contribution in [0.2, 0.25) is 0 Å². The minimum atomic E-state index is 0.0414. The summed E-state index contributed by atoms with van der Waals surface area (Å²) < 4.78 is 0. The zero-order valence-electron chi connectivity index (χ0n) is 13.5. The van der Waals surface area contributed by atoms with Crippen LogP contribution in [0.3, 0.4) is 0 Å². The second-order valence-corrected chi connectivity index (χ2v) is 5.66. The van der Waals surface area contributed by atoms with Crippen molar-refractivity contribution in [1.82, 2.24) is 0 Å². The number of hydrogen-bond donors (Lipinski definition) is 2. The van der Waals surface area contributed by atoms with Gasteiger partial charge in [-0.05, 0) is 49.0 Å². The highest BCUT2D eigenvalue weighted by molar-refractivity contribution is 5.96. The summed E-state index contributed by atoms with van der Waals surface area (Å²) in [6, 6.07) is 20.6. The lowest BCUT2D eigenvalue weighted by Crippen LogP contribution is -2.20. The molecular weight excluding hydrogens is 294 g/mol. The number of benzene rings is 2. The zero-order chi connectivity index (χ0) is 16.8. The van der Waals surface area contributed by atoms with E-state index in [0.29, 0.717) is 5.71 Å². The van der Waals surface area contributed by atoms with Crippen LogP contribution in [0, 0.1) is 11.3 Å². The Labute approximate surface area is 142 Å². The normalized spacial score (nSPS) is 16.8. The lowest BCUT2D eigenvalue weighted by atomic mass is 9.93. The maximum atomic E-state index is 8.16. The summed E-state index contributed by atoms with van der Waals surface area (Å²) in [4.78, 5) is 2.21. The Morgan fingerprint density at radius 2 is 1.58 bits per heavy atom. The van der Waals surface area contributed by atoms with E-state index in [2.05, 4.69) is 47.4 Å². The molecule has 1 aliphatic carbocycles. The number of nitrogens with one attached hydrogen (secondary N) is 1. The first-order chi connectivity index (χ1) is 11.8. The van der Waals surface area contributed by atoms with Gasteiger partial charge in [0, 0.05) is 28.7 Å². The van der Waals surface area contributed by atoms with Gasteiger partial charge in [-0.2, -0.15) is 0 Å². The van der Waals surface area contributed by atoms with Crippen molar-refractivity contribution in [2.75, 3.05) is 4.90 Å². The Kier molecular flexibility index (Phi) is 4.92. The summed E-state index contributed by atoms with van der Waals surface area (Å²) in [7, 11) is 0. The van der Waals surface area contributed by atoms with E-state index in [1.165, 1.54) is 6.20 Å². The van der Waals surface area contributed by atoms with E-state index in [9.17, 15) is 0 Å². The maximum absolute atomic E-state index is 8.16. The lowest BCUT2D eigenvalue weighted by molar-refractivity contribution is 0.848. The van der Waals surface area contributed by atoms with Gasteiger partial charge in [0.15, 0.2) is 0 Å². The van der Waals surface area contributed by atoms with E-state index < -0.39 is 0 Å². The molecule has 0 aromatic heterocycles. The van der Waals surface area contributed by atoms with Gasteiger partial charge >= 0.3 is 0 Å². The molecule has 3 nitrogen and oxygen atoms in total. The first-order valence-electron chi connectivity index (χ1n) is 8.05. The van der Waals surface area contributed by atoms with E-state index in [0.717, 1.165) is 23.5 Å². The van der Waals surface area contributed by atoms with Crippen LogP contribution in [0.25, 0.3) is 0 Å². The highest BCUT2D eigenvalue weighted by atomic mass is 15.1. The molecule has 1 atom stereocenters. The number of nitrogens with two attached hydrogens (primary N) is 1. The molecule has 120 valence electrons. The molecule has 0 amide bonds. The van der Waals surface area contributed by atoms with Crippen molar-refractivity contribution in [3.8, 4) is 0 Å². The molecule has 3 N–H and O–H groups in total. The smallest absolute Gasteiger partial charge is 0.0461 e. The molecule has 0 saturated carbocycles. The molecular formula is C21H21N3. The van der Waals surface area contributed by atoms with Gasteiger partial charge in [0.05, 0.1) is 0 Å². The highest BCUT2D eigenvalue weighted by Gasteiger charge is 2.18. The van der Waals surface area contributed by atoms with Gasteiger partial charge in [-0.1, -0.05) is 48.6 Å². The molecule has 0 spiro atoms. The average Bonchev–Trinajstić information content (AvgIpc) is 2.64. The van der Waals surface area contributed by atoms with Crippen molar-refractivity contribution in [3.05, 3.63) is 96.9 Å². The molecule has 0 heterocycles. The molecule has 0 bridgehead atoms. The molecule has 1 aliphatic rings. The molecule has 2 aromatic rings. The summed E-state index contributed by atoms with van der Waals surface area (Å²) in [6.45, 7) is 0. The Morgan fingerprint density at radius 1 is 1.00 bits per heavy atom. The molecule has 0 saturated heterocycles. The van der Waals surface area contributed by atoms with Gasteiger partial charge in [-0.25, -0.2) is 0 Å². The number of anilines is 2. The molecule has 1 unspecified atom stereocenters. The third-order valence-corrected chi connectivity index (χ3v) is 4.01. The SMILES string of the molecule is N=C(/C=C\N)C1C=C(N(c2ccccc2)c2ccccc2)C=CC1. The van der Waals surface area contributed by atoms with Crippen molar-refractivity contribution in [3.63, 3.8) is 0 Å². The number of nitrogens with zero attached hydrogens (tertiary/aromatic N) is 1. The summed E-state index contributed by atoms with van der Waals surface area (Å²) >= 11 is 0. The molecule has 0 radical (unpaired) electrons. The van der Waals surface area contributed by atoms with E-state index in [4.69, 9.17) is 11.1 Å². The van der Waals surface area contributed by atoms with Crippen LogP contribution in [0.4, 0.5) is 11.4 Å². The Bertz CT molecular complexity index is 734. The fraction of sp³-hybridized carbons (Fsp3) is 0.0952. The zero-order valence-corrected chi connectivity index (χ0v) is 13.5. The standard InChI is InChI=1S/C21H21N3/c22-15-14-21(23)17-8-7-13-20(16-17)24(18-9-3-1-4-10-18)19-11-5-2-6-12-19/h1-7,9-17,23H,8,22H2/b15-14-,23-21?. The van der Waals surface area contributed by atoms with Gasteiger partial charge in [0.25, 0.3) is 0 Å². The van der Waals surface area contributed by atoms with Gasteiger partial charge in [0.2, 0.25) is 0 Å². The van der Waals surface area contributed by atoms with Crippen LogP contribution in [0.5, 0.6) is 0 Å². The number of rotatable bonds is 5. The Hall–Kier alpha value is -3.07. The second kappa shape index (κ2) is 7.47. The predicted molar refractivity (Wildman–Crippen MR) is 101 cm³/mol. The van der Waals surface area contributed by atoms with Gasteiger partial charge in [0.1, 0.15) is 0 Å². The highest BCUT2D eigenvalue weighted by Crippen LogP contribution is 2.32. The van der Waals surface area contributed by atoms with Gasteiger partial charge in [-0.15, -0.1) is 0 Å². The number of para-hydroxylation sites is 2. The average molecular weight is 315 g/mol. The number of allylic oxidation sites excluding steroid dienone is 4. The Balaban J connectivity index is 2.02. The van der Waals surface area contributed by atoms with Crippen LogP contribution in [0.1, 0.15) is 6.42 Å². The molecule has 3 heteroatoms. The summed E-state index contributed by atoms with van der Waals surface area (Å²) in [5.41, 5.74) is 9.24. The third-order valence-electron chi connectivity index (χ3n) is 4.01. The van der Waals surface area contributed by atoms with Crippen LogP contribution in [-0.4, -0.2) is 5.71 Å². The maximum Gasteiger partial charge on any atom is 0.0461 e. The van der Waals surface area contributed by atoms with Crippen molar-refractivity contribution in [1.29, 1.82) is 5.41 Å². The lowest BCUT2D eigenvalue weighted by Gasteiger charge is -2.29. The predicted octanol–water partition coefficient (Wildman–Crippen LogP) is 4.78. The molecule has 3 rings (SSSR count). The molecule has 0 fully saturated rings. The second-order valence-electron chi connectivity index (χ2n) is 5.66. The van der Waals surface area contributed by atoms with Crippen LogP contribution in [0.15, 0.2) is 96.9 Å². The largest absolute Gasteiger partial charge is 0.405 e. The van der Waals surface area contributed by atoms with E-state index >= 15 is 0 Å². The first-order valence-corrected chi connectivity index (χ1v) is 8.05. The fourth-order valence-corrected chi connectivity index (χ4v) is 2.86. The minimum Gasteiger partial charge on any atom is -0.405 e. The summed E-state index contributed by atoms with van der Waals surface area (Å²) in [6.07, 6.45) is 10.3. The fourth-order valence-electron chi connectivity index (χ4n) is 2.86. The van der Waals surface area contributed by atoms with Crippen LogP contribution >= 0.6 is 0 Å². The van der Waals surface area contributed by atoms with Crippen molar-refractivity contribution >= 4 is 17.1 Å². The van der Waals surface area contributed by atoms with Crippen LogP contribution < -0.4 is 10.6 Å². The topological polar surface area (TPSA) is 53.1 Å². The summed E-state index contributed by atoms with van der Waals surface area (Å²) in [5.74, 6) is 0.0414. The first kappa shape index (κ1) is 15.8. The van der Waals surface area contributed by atoms with Crippen molar-refractivity contribution in [2.45, 2.75) is 6.42 Å². The Morgan fingerprint density at radius 3 is 2.12 bits per heavy atom. The monoisotopic (exact) mass is 315 g/mol. The van der Waals surface area contributed by atoms with Crippen molar-refractivity contribution < 1.29 is 0 Å². The van der Waals surface area contributed by atoms with Gasteiger partial charge < -0.3 is 16.0 Å². The van der Waals surface area contributed by atoms with E-state index in [1.54, 1.807) is 6.08 Å². The third kappa shape index (κ3) is 3.46. The van der Waals surface area contributed by atoms with Crippen molar-refractivity contribution in [2.24, 2.45) is 11.7 Å². The minimum absolute atomic E-state index is 0.0414. The summed E-state index contributed by atoms with van der Waals surface area (Å²) in [5, 5.41) is 8.16. The van der Waals surface area contributed by atoms with Gasteiger partial charge in [-0.3, -0.25) is 0 Å². The molecule has 24 heavy (non-hydrogen) atoms. The van der Waals surface area contributed by atoms with E-state index in [-0.39, 0.29) is 5.92 Å². The quantitative estimate of drug-likeness (QED) is 0.780. The number of hydrogen-bond acceptors (Lipinski definition) is 3. The van der Waals surface area contributed by atoms with E-state index in [1.807, 2.05) is 36.4 Å². The molecule has 0 aliphatic heterocycles. The van der Waals surface area contributed by atoms with Crippen LogP contribution in [-0.2, 0) is 0 Å².